The van der Waals surface area contributed by atoms with E-state index in [1.54, 1.807) is 6.08 Å². The Labute approximate surface area is 240 Å². The molecule has 6 rings (SSSR count). The average Bonchev–Trinajstić information content (AvgIpc) is 3.59. The van der Waals surface area contributed by atoms with Gasteiger partial charge in [-0.05, 0) is 69.5 Å². The lowest BCUT2D eigenvalue weighted by Gasteiger charge is -2.39. The number of anilines is 1. The number of aromatic nitrogens is 4. The third-order valence-corrected chi connectivity index (χ3v) is 8.23. The summed E-state index contributed by atoms with van der Waals surface area (Å²) in [5, 5.41) is 5.70. The van der Waals surface area contributed by atoms with Crippen molar-refractivity contribution in [2.45, 2.75) is 57.7 Å². The van der Waals surface area contributed by atoms with Gasteiger partial charge in [0.15, 0.2) is 5.65 Å². The summed E-state index contributed by atoms with van der Waals surface area (Å²) in [5.41, 5.74) is 8.64. The molecule has 1 saturated carbocycles. The van der Waals surface area contributed by atoms with E-state index >= 15 is 0 Å². The Hall–Kier alpha value is -4.24. The standard InChI is InChI=1S/C32H37N7O2/c1-22(2)38(24-8-6-9-24)18-7-12-28(40)37-19-17-25(20-37)39-32-29(31(33)34-21-35-32)30(36-39)23-13-15-27(16-14-23)41-26-10-4-3-5-11-26/h3-5,7,10-16,21-22,24-25H,6,8-9,17-20H2,1-2H3,(H2,33,34,35)/b12-7+. The van der Waals surface area contributed by atoms with Crippen LogP contribution in [-0.4, -0.2) is 67.2 Å². The summed E-state index contributed by atoms with van der Waals surface area (Å²) in [6.45, 7) is 6.51. The second-order valence-electron chi connectivity index (χ2n) is 11.2. The van der Waals surface area contributed by atoms with E-state index < -0.39 is 0 Å². The predicted octanol–water partition coefficient (Wildman–Crippen LogP) is 5.46. The molecule has 9 nitrogen and oxygen atoms in total. The fraction of sp³-hybridized carbons (Fsp3) is 0.375. The van der Waals surface area contributed by atoms with Crippen molar-refractivity contribution >= 4 is 22.8 Å². The molecule has 1 amide bonds. The first-order valence-corrected chi connectivity index (χ1v) is 14.5. The maximum absolute atomic E-state index is 13.1. The van der Waals surface area contributed by atoms with Crippen LogP contribution in [0.3, 0.4) is 0 Å². The van der Waals surface area contributed by atoms with Crippen LogP contribution in [0.4, 0.5) is 5.82 Å². The van der Waals surface area contributed by atoms with Crippen LogP contribution in [0.2, 0.25) is 0 Å². The molecule has 1 atom stereocenters. The smallest absolute Gasteiger partial charge is 0.246 e. The van der Waals surface area contributed by atoms with Gasteiger partial charge in [0.1, 0.15) is 29.3 Å². The molecule has 0 bridgehead atoms. The molecular weight excluding hydrogens is 514 g/mol. The van der Waals surface area contributed by atoms with E-state index in [0.29, 0.717) is 36.6 Å². The van der Waals surface area contributed by atoms with Crippen LogP contribution in [0.5, 0.6) is 11.5 Å². The molecule has 2 fully saturated rings. The third kappa shape index (κ3) is 5.67. The maximum atomic E-state index is 13.1. The van der Waals surface area contributed by atoms with Gasteiger partial charge < -0.3 is 15.4 Å². The van der Waals surface area contributed by atoms with Gasteiger partial charge in [-0.3, -0.25) is 9.69 Å². The number of para-hydroxylation sites is 1. The van der Waals surface area contributed by atoms with Crippen molar-refractivity contribution in [2.75, 3.05) is 25.4 Å². The number of ether oxygens (including phenoxy) is 1. The number of hydrogen-bond donors (Lipinski definition) is 1. The number of likely N-dealkylation sites (tertiary alicyclic amines) is 1. The Balaban J connectivity index is 1.18. The van der Waals surface area contributed by atoms with Crippen molar-refractivity contribution in [1.29, 1.82) is 0 Å². The van der Waals surface area contributed by atoms with E-state index in [-0.39, 0.29) is 11.9 Å². The summed E-state index contributed by atoms with van der Waals surface area (Å²) in [4.78, 5) is 26.3. The highest BCUT2D eigenvalue weighted by molar-refractivity contribution is 5.98. The number of carbonyl (C=O) groups is 1. The van der Waals surface area contributed by atoms with Crippen LogP contribution in [0.1, 0.15) is 45.6 Å². The number of carbonyl (C=O) groups excluding carboxylic acids is 1. The molecule has 1 aliphatic heterocycles. The largest absolute Gasteiger partial charge is 0.457 e. The Morgan fingerprint density at radius 3 is 2.54 bits per heavy atom. The lowest BCUT2D eigenvalue weighted by Crippen LogP contribution is -2.44. The van der Waals surface area contributed by atoms with Gasteiger partial charge in [0.2, 0.25) is 5.91 Å². The minimum absolute atomic E-state index is 0.000672. The number of hydrogen-bond acceptors (Lipinski definition) is 7. The van der Waals surface area contributed by atoms with E-state index in [9.17, 15) is 4.79 Å². The van der Waals surface area contributed by atoms with Crippen molar-refractivity contribution in [3.05, 3.63) is 73.1 Å². The van der Waals surface area contributed by atoms with Crippen LogP contribution in [0.25, 0.3) is 22.3 Å². The van der Waals surface area contributed by atoms with Crippen molar-refractivity contribution < 1.29 is 9.53 Å². The molecule has 4 aromatic rings. The highest BCUT2D eigenvalue weighted by Crippen LogP contribution is 2.35. The van der Waals surface area contributed by atoms with E-state index in [1.807, 2.05) is 70.3 Å². The van der Waals surface area contributed by atoms with E-state index in [1.165, 1.54) is 25.6 Å². The minimum Gasteiger partial charge on any atom is -0.457 e. The quantitative estimate of drug-likeness (QED) is 0.276. The summed E-state index contributed by atoms with van der Waals surface area (Å²) in [6.07, 6.45) is 9.85. The molecule has 2 aromatic heterocycles. The van der Waals surface area contributed by atoms with E-state index in [4.69, 9.17) is 15.6 Å². The Kier molecular flexibility index (Phi) is 7.69. The van der Waals surface area contributed by atoms with Crippen LogP contribution >= 0.6 is 0 Å². The summed E-state index contributed by atoms with van der Waals surface area (Å²) >= 11 is 0. The van der Waals surface area contributed by atoms with Crippen LogP contribution in [0.15, 0.2) is 73.1 Å². The van der Waals surface area contributed by atoms with Crippen molar-refractivity contribution in [1.82, 2.24) is 29.5 Å². The van der Waals surface area contributed by atoms with Crippen molar-refractivity contribution in [2.24, 2.45) is 0 Å². The summed E-state index contributed by atoms with van der Waals surface area (Å²) < 4.78 is 7.88. The number of fused-ring (bicyclic) bond motifs is 1. The number of benzene rings is 2. The first-order valence-electron chi connectivity index (χ1n) is 14.5. The molecule has 3 heterocycles. The summed E-state index contributed by atoms with van der Waals surface area (Å²) in [7, 11) is 0. The van der Waals surface area contributed by atoms with E-state index in [0.717, 1.165) is 41.1 Å². The van der Waals surface area contributed by atoms with Gasteiger partial charge in [0, 0.05) is 43.4 Å². The molecule has 2 aromatic carbocycles. The van der Waals surface area contributed by atoms with Crippen molar-refractivity contribution in [3.8, 4) is 22.8 Å². The molecule has 1 aliphatic carbocycles. The Morgan fingerprint density at radius 1 is 1.07 bits per heavy atom. The second kappa shape index (κ2) is 11.7. The SMILES string of the molecule is CC(C)N(C/C=C/C(=O)N1CCC(n2nc(-c3ccc(Oc4ccccc4)cc3)c3c(N)ncnc32)C1)C1CCC1. The molecule has 2 N–H and O–H groups in total. The van der Waals surface area contributed by atoms with Crippen LogP contribution in [-0.2, 0) is 4.79 Å². The number of nitrogen functional groups attached to an aromatic ring is 1. The monoisotopic (exact) mass is 551 g/mol. The molecular formula is C32H37N7O2. The molecule has 9 heteroatoms. The summed E-state index contributed by atoms with van der Waals surface area (Å²) in [6, 6.07) is 18.6. The molecule has 2 aliphatic rings. The van der Waals surface area contributed by atoms with Gasteiger partial charge in [-0.15, -0.1) is 0 Å². The number of amides is 1. The molecule has 0 radical (unpaired) electrons. The zero-order valence-electron chi connectivity index (χ0n) is 23.7. The molecule has 41 heavy (non-hydrogen) atoms. The van der Waals surface area contributed by atoms with Gasteiger partial charge in [-0.1, -0.05) is 30.7 Å². The number of rotatable bonds is 9. The number of nitrogens with two attached hydrogens (primary N) is 1. The fourth-order valence-corrected chi connectivity index (χ4v) is 5.78. The molecule has 0 spiro atoms. The zero-order chi connectivity index (χ0) is 28.3. The van der Waals surface area contributed by atoms with Gasteiger partial charge in [-0.2, -0.15) is 5.10 Å². The normalized spacial score (nSPS) is 17.7. The van der Waals surface area contributed by atoms with Gasteiger partial charge >= 0.3 is 0 Å². The van der Waals surface area contributed by atoms with Crippen LogP contribution < -0.4 is 10.5 Å². The minimum atomic E-state index is 0.000672. The van der Waals surface area contributed by atoms with Crippen molar-refractivity contribution in [3.63, 3.8) is 0 Å². The highest BCUT2D eigenvalue weighted by Gasteiger charge is 2.30. The fourth-order valence-electron chi connectivity index (χ4n) is 5.78. The predicted molar refractivity (Wildman–Crippen MR) is 161 cm³/mol. The van der Waals surface area contributed by atoms with Gasteiger partial charge in [0.25, 0.3) is 0 Å². The molecule has 1 unspecified atom stereocenters. The van der Waals surface area contributed by atoms with E-state index in [2.05, 4.69) is 28.7 Å². The second-order valence-corrected chi connectivity index (χ2v) is 11.2. The maximum Gasteiger partial charge on any atom is 0.246 e. The highest BCUT2D eigenvalue weighted by atomic mass is 16.5. The molecule has 1 saturated heterocycles. The van der Waals surface area contributed by atoms with Crippen LogP contribution in [0, 0.1) is 0 Å². The average molecular weight is 552 g/mol. The van der Waals surface area contributed by atoms with Gasteiger partial charge in [0.05, 0.1) is 11.4 Å². The third-order valence-electron chi connectivity index (χ3n) is 8.23. The first-order chi connectivity index (χ1) is 20.0. The van der Waals surface area contributed by atoms with Gasteiger partial charge in [-0.25, -0.2) is 14.6 Å². The lowest BCUT2D eigenvalue weighted by molar-refractivity contribution is -0.125. The topological polar surface area (TPSA) is 102 Å². The lowest BCUT2D eigenvalue weighted by atomic mass is 9.90. The summed E-state index contributed by atoms with van der Waals surface area (Å²) in [5.74, 6) is 1.94. The zero-order valence-corrected chi connectivity index (χ0v) is 23.7. The molecule has 212 valence electrons. The Bertz CT molecular complexity index is 1530. The Morgan fingerprint density at radius 2 is 1.83 bits per heavy atom. The first kappa shape index (κ1) is 27.0. The number of nitrogens with zero attached hydrogens (tertiary/aromatic N) is 6.